The number of halogens is 46. The molecule has 0 unspecified atom stereocenters. The second-order valence-electron chi connectivity index (χ2n) is 30.2. The largest absolute Gasteiger partial charge is 0.544 e. The molecule has 10 nitrogen and oxygen atoms in total. The molecule has 5 aromatic carbocycles. The van der Waals surface area contributed by atoms with E-state index in [-0.39, 0.29) is 0 Å². The monoisotopic (exact) mass is 2590 g/mol. The molecular formula is C78H81F41I5O10+. The van der Waals surface area contributed by atoms with E-state index in [0.29, 0.717) is 27.1 Å². The van der Waals surface area contributed by atoms with Crippen molar-refractivity contribution in [1.82, 2.24) is 0 Å². The minimum atomic E-state index is -8.79. The number of carbonyl (C=O) groups excluding carboxylic acids is 4. The zero-order chi connectivity index (χ0) is 109. The summed E-state index contributed by atoms with van der Waals surface area (Å²) in [6.45, 7) is 34.1. The van der Waals surface area contributed by atoms with Crippen molar-refractivity contribution < 1.29 is 342 Å². The van der Waals surface area contributed by atoms with Crippen molar-refractivity contribution in [2.24, 2.45) is 0 Å². The van der Waals surface area contributed by atoms with Crippen molar-refractivity contribution in [3.05, 3.63) is 167 Å². The molecule has 0 fully saturated rings. The third kappa shape index (κ3) is 35.5. The van der Waals surface area contributed by atoms with Gasteiger partial charge in [-0.25, -0.2) is 4.79 Å². The average molecular weight is 2590 g/mol. The molecule has 0 spiro atoms. The first-order valence-electron chi connectivity index (χ1n) is 36.0. The molecule has 0 aliphatic rings. The number of carboxylic acids is 5. The molecule has 0 aliphatic heterocycles. The minimum absolute atomic E-state index is 0.328. The standard InChI is InChI=1S/5C11H16I.C9HF17O2.C5HF9O2.C4HF7O2.C3HF5O2.C2HF3O2/c5*1-4-11(2,3)9-5-7-10(12)8-6-9;10-2(11,1(27)28)3(12,13)4(14,15)5(16,17)6(18,19)7(20,21)8(22,23)9(24,25)26;6-2(7,1(15)16)3(8,9)4(10,11)5(12,13)14;5-2(6,1(12)13)3(7,8)4(9,10)11;4-2(5,1(9)10)3(6,7)8;3-2(4,5)1(6)7/h5*5-8,12H,4H2,1-3H3;(H,27,28);(H,15,16);(H,12,13);(H,9,10);(H,6,7)/q5*+1;;;;;/p-4. The Morgan fingerprint density at radius 3 is 0.448 bits per heavy atom. The van der Waals surface area contributed by atoms with Crippen LogP contribution >= 0.6 is 0 Å². The molecule has 0 radical (unpaired) electrons. The highest BCUT2D eigenvalue weighted by Crippen LogP contribution is 2.64. The summed E-state index contributed by atoms with van der Waals surface area (Å²) in [5.41, 5.74) is 8.85. The fraction of sp³-hybridized carbons (Fsp3) is 0.551. The van der Waals surface area contributed by atoms with E-state index in [1.807, 2.05) is 0 Å². The van der Waals surface area contributed by atoms with Crippen LogP contribution in [0.2, 0.25) is 0 Å². The van der Waals surface area contributed by atoms with Crippen LogP contribution in [-0.2, 0) is 51.0 Å². The van der Waals surface area contributed by atoms with E-state index < -0.39 is 138 Å². The molecule has 0 bridgehead atoms. The Balaban J connectivity index is -0.000000470. The zero-order valence-corrected chi connectivity index (χ0v) is 82.4. The quantitative estimate of drug-likeness (QED) is 0.0668. The smallest absolute Gasteiger partial charge is 0.465 e. The van der Waals surface area contributed by atoms with Gasteiger partial charge in [-0.2, -0.15) is 180 Å². The summed E-state index contributed by atoms with van der Waals surface area (Å²) >= 11 is 10.3. The summed E-state index contributed by atoms with van der Waals surface area (Å²) in [6.07, 6.45) is -26.8. The number of aliphatic carboxylic acids is 5. The highest BCUT2D eigenvalue weighted by Gasteiger charge is 2.95. The lowest BCUT2D eigenvalue weighted by atomic mass is 9.82. The normalized spacial score (nSPS) is 13.4. The van der Waals surface area contributed by atoms with Gasteiger partial charge in [-0.3, -0.25) is 0 Å². The number of rotatable bonds is 23. The van der Waals surface area contributed by atoms with Gasteiger partial charge in [0.1, 0.15) is 23.9 Å². The molecule has 0 amide bonds. The molecule has 1 N–H and O–H groups in total. The Hall–Kier alpha value is -5.77. The number of benzene rings is 5. The van der Waals surface area contributed by atoms with Gasteiger partial charge >= 0.3 is 114 Å². The highest BCUT2D eigenvalue weighted by molar-refractivity contribution is 5.77. The second kappa shape index (κ2) is 49.6. The third-order valence-corrected chi connectivity index (χ3v) is 22.7. The van der Waals surface area contributed by atoms with Gasteiger partial charge in [-0.05, 0) is 148 Å². The van der Waals surface area contributed by atoms with Crippen molar-refractivity contribution in [2.75, 3.05) is 0 Å². The predicted molar refractivity (Wildman–Crippen MR) is 372 cm³/mol. The molecule has 0 atom stereocenters. The Kier molecular flexibility index (Phi) is 50.6. The van der Waals surface area contributed by atoms with E-state index in [0.717, 1.165) is 0 Å². The van der Waals surface area contributed by atoms with E-state index >= 15 is 0 Å². The first-order chi connectivity index (χ1) is 58.8. The lowest BCUT2D eigenvalue weighted by molar-refractivity contribution is -0.463. The summed E-state index contributed by atoms with van der Waals surface area (Å²) in [5.74, 6) is -117. The Bertz CT molecular complexity index is 4140. The van der Waals surface area contributed by atoms with Gasteiger partial charge in [0.2, 0.25) is 0 Å². The van der Waals surface area contributed by atoms with E-state index in [1.165, 1.54) is 77.8 Å². The molecule has 0 saturated heterocycles. The fourth-order valence-corrected chi connectivity index (χ4v) is 9.72. The van der Waals surface area contributed by atoms with Crippen LogP contribution in [0.3, 0.4) is 0 Å². The molecule has 56 heteroatoms. The summed E-state index contributed by atoms with van der Waals surface area (Å²) in [5, 5.41) is 44.4. The van der Waals surface area contributed by atoms with Gasteiger partial charge in [-0.15, -0.1) is 0 Å². The maximum absolute atomic E-state index is 13.0. The summed E-state index contributed by atoms with van der Waals surface area (Å²) in [7, 11) is 0. The van der Waals surface area contributed by atoms with Crippen LogP contribution in [0.25, 0.3) is 0 Å². The van der Waals surface area contributed by atoms with E-state index in [4.69, 9.17) is 15.0 Å². The average Bonchev–Trinajstić information content (AvgIpc) is 0.691. The number of hydrogen-bond donors (Lipinski definition) is 1. The summed E-state index contributed by atoms with van der Waals surface area (Å²) in [4.78, 5) is 46.3. The molecule has 0 saturated carbocycles. The van der Waals surface area contributed by atoms with E-state index in [1.54, 1.807) is 0 Å². The number of carbonyl (C=O) groups is 5. The zero-order valence-electron chi connectivity index (χ0n) is 70.7. The fourth-order valence-electron chi connectivity index (χ4n) is 7.77. The van der Waals surface area contributed by atoms with Crippen LogP contribution in [-0.4, -0.2) is 143 Å². The molecule has 0 aromatic heterocycles. The molecule has 5 rings (SSSR count). The lowest BCUT2D eigenvalue weighted by Crippen LogP contribution is -3.34. The van der Waals surface area contributed by atoms with E-state index in [2.05, 4.69) is 338 Å². The van der Waals surface area contributed by atoms with Gasteiger partial charge in [0.15, 0.2) is 17.9 Å². The van der Waals surface area contributed by atoms with Crippen LogP contribution in [0, 0.1) is 17.9 Å². The molecule has 134 heavy (non-hydrogen) atoms. The molecule has 0 aliphatic carbocycles. The number of alkyl halides is 41. The Labute approximate surface area is 804 Å². The minimum Gasteiger partial charge on any atom is -0.544 e. The number of hydrogen-bond acceptors (Lipinski definition) is 9. The molecule has 0 heterocycles. The van der Waals surface area contributed by atoms with Crippen LogP contribution in [0.5, 0.6) is 0 Å². The van der Waals surface area contributed by atoms with Gasteiger partial charge < -0.3 is 44.7 Å². The van der Waals surface area contributed by atoms with Gasteiger partial charge in [0, 0.05) is 0 Å². The summed E-state index contributed by atoms with van der Waals surface area (Å²) < 4.78 is 494. The molecular weight excluding hydrogens is 2510 g/mol. The van der Waals surface area contributed by atoms with Crippen LogP contribution < -0.4 is 133 Å². The first kappa shape index (κ1) is 137. The molecule has 5 aromatic rings. The predicted octanol–water partition coefficient (Wildman–Crippen LogP) is 5.23. The van der Waals surface area contributed by atoms with Gasteiger partial charge in [-0.1, -0.05) is 165 Å². The number of carboxylic acid groups (broad SMARTS) is 5. The highest BCUT2D eigenvalue weighted by atomic mass is 127. The van der Waals surface area contributed by atoms with Crippen molar-refractivity contribution in [3.8, 4) is 0 Å². The van der Waals surface area contributed by atoms with Crippen molar-refractivity contribution in [2.45, 2.75) is 271 Å². The van der Waals surface area contributed by atoms with Crippen molar-refractivity contribution >= 4 is 29.8 Å². The van der Waals surface area contributed by atoms with Gasteiger partial charge in [0.25, 0.3) is 113 Å². The maximum atomic E-state index is 13.0. The van der Waals surface area contributed by atoms with E-state index in [9.17, 15) is 215 Å². The van der Waals surface area contributed by atoms with Crippen LogP contribution in [0.15, 0.2) is 121 Å². The Morgan fingerprint density at radius 2 is 0.343 bits per heavy atom. The molecule has 774 valence electrons. The van der Waals surface area contributed by atoms with Crippen LogP contribution in [0.1, 0.15) is 164 Å². The lowest BCUT2D eigenvalue weighted by Gasteiger charge is -2.42. The maximum Gasteiger partial charge on any atom is 0.465 e. The van der Waals surface area contributed by atoms with Crippen molar-refractivity contribution in [3.63, 3.8) is 0 Å². The SMILES string of the molecule is CCC(C)(C)c1ccc([IH+])cc1.CCC(C)(C)c1ccc([IH+])cc1.CCC(C)(C)c1ccc([IH+])cc1.CCC(C)(C)c1ccc([IH+])cc1.CCC(C)(C)c1ccc([IH+])cc1.O=C(O)C(F)(F)C(F)(F)F.O=C([O-])C(F)(F)C(F)(F)C(F)(F)C(F)(F)C(F)(F)C(F)(F)C(F)(F)C(F)(F)F.O=C([O-])C(F)(F)C(F)(F)C(F)(F)C(F)(F)F.O=C([O-])C(F)(F)C(F)(F)C(F)(F)F.O=C([O-])C(F)(F)F. The Morgan fingerprint density at radius 1 is 0.216 bits per heavy atom. The van der Waals surface area contributed by atoms with Crippen molar-refractivity contribution in [1.29, 1.82) is 0 Å². The van der Waals surface area contributed by atoms with Gasteiger partial charge in [0.05, 0.1) is 0 Å². The summed E-state index contributed by atoms with van der Waals surface area (Å²) in [6, 6.07) is 44.3. The third-order valence-electron chi connectivity index (χ3n) is 18.8. The van der Waals surface area contributed by atoms with Crippen LogP contribution in [0.4, 0.5) is 180 Å². The first-order valence-corrected chi connectivity index (χ1v) is 41.8. The second-order valence-corrected chi connectivity index (χ2v) is 36.9. The topological polar surface area (TPSA) is 198 Å².